The van der Waals surface area contributed by atoms with Gasteiger partial charge in [-0.2, -0.15) is 0 Å². The van der Waals surface area contributed by atoms with Crippen LogP contribution >= 0.6 is 11.3 Å². The van der Waals surface area contributed by atoms with Crippen LogP contribution in [0.1, 0.15) is 23.1 Å². The second-order valence-electron chi connectivity index (χ2n) is 14.2. The van der Waals surface area contributed by atoms with E-state index in [2.05, 4.69) is 121 Å². The Morgan fingerprint density at radius 1 is 0.537 bits per heavy atom. The maximum absolute atomic E-state index is 6.55. The molecule has 0 amide bonds. The zero-order valence-corrected chi connectivity index (χ0v) is 29.8. The lowest BCUT2D eigenvalue weighted by Crippen LogP contribution is -2.04. The van der Waals surface area contributed by atoms with Crippen LogP contribution in [0.2, 0.25) is 0 Å². The van der Waals surface area contributed by atoms with Gasteiger partial charge in [0.25, 0.3) is 0 Å². The van der Waals surface area contributed by atoms with Crippen LogP contribution in [0.15, 0.2) is 150 Å². The van der Waals surface area contributed by atoms with Gasteiger partial charge in [0, 0.05) is 47.6 Å². The van der Waals surface area contributed by atoms with Crippen molar-refractivity contribution in [2.75, 3.05) is 0 Å². The summed E-state index contributed by atoms with van der Waals surface area (Å²) < 4.78 is 8.97. The van der Waals surface area contributed by atoms with Gasteiger partial charge < -0.3 is 4.42 Å². The van der Waals surface area contributed by atoms with Crippen molar-refractivity contribution in [2.45, 2.75) is 12.8 Å². The highest BCUT2D eigenvalue weighted by Gasteiger charge is 2.24. The Kier molecular flexibility index (Phi) is 6.30. The fourth-order valence-electron chi connectivity index (χ4n) is 8.74. The van der Waals surface area contributed by atoms with Crippen LogP contribution in [0.5, 0.6) is 0 Å². The standard InChI is InChI=1S/C49H29N3OS/c1-2-9-31(10-3-1)47-50-48(52-49(51-47)38-16-7-14-36-34-13-4-5-18-42(34)54-46(36)38)37-15-8-17-41-45(37)39-27-32(23-26-40(39)53-41)33-24-21-30-20-19-28-11-6-12-29-22-25-35(33)44(30)43(28)29/h1-11,13-24,26-27H,12,25H2. The molecule has 252 valence electrons. The van der Waals surface area contributed by atoms with Crippen molar-refractivity contribution in [1.82, 2.24) is 15.0 Å². The van der Waals surface area contributed by atoms with E-state index in [1.165, 1.54) is 64.3 Å². The number of rotatable bonds is 4. The number of aromatic nitrogens is 3. The van der Waals surface area contributed by atoms with Crippen molar-refractivity contribution in [3.8, 4) is 45.3 Å². The van der Waals surface area contributed by atoms with E-state index in [0.717, 1.165) is 51.5 Å². The number of fused-ring (bicyclic) bond motifs is 6. The molecule has 7 aromatic carbocycles. The van der Waals surface area contributed by atoms with E-state index < -0.39 is 0 Å². The molecule has 12 rings (SSSR count). The van der Waals surface area contributed by atoms with E-state index in [9.17, 15) is 0 Å². The van der Waals surface area contributed by atoms with Gasteiger partial charge in [-0.05, 0) is 87.3 Å². The second kappa shape index (κ2) is 11.4. The number of furan rings is 1. The number of allylic oxidation sites excluding steroid dienone is 3. The highest BCUT2D eigenvalue weighted by Crippen LogP contribution is 2.45. The molecule has 2 aliphatic carbocycles. The number of benzene rings is 7. The first-order chi connectivity index (χ1) is 26.7. The molecule has 0 atom stereocenters. The summed E-state index contributed by atoms with van der Waals surface area (Å²) in [7, 11) is 0. The Bertz CT molecular complexity index is 3280. The highest BCUT2D eigenvalue weighted by molar-refractivity contribution is 7.26. The summed E-state index contributed by atoms with van der Waals surface area (Å²) in [5, 5.41) is 7.20. The molecule has 0 saturated heterocycles. The molecular formula is C49H29N3OS. The van der Waals surface area contributed by atoms with E-state index >= 15 is 0 Å². The lowest BCUT2D eigenvalue weighted by molar-refractivity contribution is 0.669. The third kappa shape index (κ3) is 4.39. The van der Waals surface area contributed by atoms with Crippen molar-refractivity contribution in [2.24, 2.45) is 0 Å². The lowest BCUT2D eigenvalue weighted by Gasteiger charge is -2.25. The third-order valence-electron chi connectivity index (χ3n) is 11.2. The molecule has 0 spiro atoms. The summed E-state index contributed by atoms with van der Waals surface area (Å²) in [4.78, 5) is 15.6. The molecule has 0 aliphatic heterocycles. The summed E-state index contributed by atoms with van der Waals surface area (Å²) >= 11 is 1.78. The molecule has 0 unspecified atom stereocenters. The van der Waals surface area contributed by atoms with Crippen molar-refractivity contribution in [3.63, 3.8) is 0 Å². The molecule has 0 saturated carbocycles. The van der Waals surface area contributed by atoms with E-state index in [1.54, 1.807) is 11.3 Å². The molecule has 0 fully saturated rings. The van der Waals surface area contributed by atoms with Gasteiger partial charge in [0.1, 0.15) is 11.2 Å². The first kappa shape index (κ1) is 29.8. The molecule has 3 heterocycles. The van der Waals surface area contributed by atoms with Gasteiger partial charge in [-0.15, -0.1) is 11.3 Å². The molecule has 0 radical (unpaired) electrons. The van der Waals surface area contributed by atoms with Crippen LogP contribution in [0, 0.1) is 0 Å². The predicted octanol–water partition coefficient (Wildman–Crippen LogP) is 13.3. The fraction of sp³-hybridized carbons (Fsp3) is 0.0408. The molecule has 54 heavy (non-hydrogen) atoms. The van der Waals surface area contributed by atoms with Crippen molar-refractivity contribution < 1.29 is 4.42 Å². The Labute approximate surface area is 314 Å². The maximum atomic E-state index is 6.55. The molecule has 4 nitrogen and oxygen atoms in total. The average molecular weight is 708 g/mol. The van der Waals surface area contributed by atoms with E-state index in [4.69, 9.17) is 19.4 Å². The normalized spacial score (nSPS) is 13.4. The molecule has 5 heteroatoms. The summed E-state index contributed by atoms with van der Waals surface area (Å²) in [6, 6.07) is 47.1. The molecule has 2 aliphatic rings. The maximum Gasteiger partial charge on any atom is 0.165 e. The van der Waals surface area contributed by atoms with Gasteiger partial charge in [-0.3, -0.25) is 0 Å². The predicted molar refractivity (Wildman–Crippen MR) is 225 cm³/mol. The molecule has 10 aromatic rings. The van der Waals surface area contributed by atoms with Gasteiger partial charge in [0.05, 0.1) is 0 Å². The number of thiophene rings is 1. The van der Waals surface area contributed by atoms with Gasteiger partial charge in [-0.1, -0.05) is 121 Å². The SMILES string of the molecule is C1=Cc2ccc3ccc(-c4ccc5oc6cccc(-c7nc(-c8ccccc8)nc(-c8cccc9c8sc8ccccc89)n7)c6c5c4)c4c3c2C(=CC4)C1. The molecule has 0 N–H and O–H groups in total. The summed E-state index contributed by atoms with van der Waals surface area (Å²) in [6.45, 7) is 0. The minimum absolute atomic E-state index is 0.619. The summed E-state index contributed by atoms with van der Waals surface area (Å²) in [5.74, 6) is 1.91. The highest BCUT2D eigenvalue weighted by atomic mass is 32.1. The lowest BCUT2D eigenvalue weighted by atomic mass is 9.79. The third-order valence-corrected chi connectivity index (χ3v) is 12.4. The Hall–Kier alpha value is -6.69. The first-order valence-corrected chi connectivity index (χ1v) is 19.2. The van der Waals surface area contributed by atoms with E-state index in [1.807, 2.05) is 30.3 Å². The number of nitrogens with zero attached hydrogens (tertiary/aromatic N) is 3. The van der Waals surface area contributed by atoms with Crippen LogP contribution < -0.4 is 0 Å². The van der Waals surface area contributed by atoms with Crippen molar-refractivity contribution in [1.29, 1.82) is 0 Å². The number of hydrogen-bond donors (Lipinski definition) is 0. The quantitative estimate of drug-likeness (QED) is 0.183. The minimum Gasteiger partial charge on any atom is -0.456 e. The van der Waals surface area contributed by atoms with Gasteiger partial charge in [0.15, 0.2) is 17.5 Å². The summed E-state index contributed by atoms with van der Waals surface area (Å²) in [5.41, 5.74) is 12.5. The monoisotopic (exact) mass is 707 g/mol. The van der Waals surface area contributed by atoms with Crippen molar-refractivity contribution >= 4 is 75.9 Å². The van der Waals surface area contributed by atoms with Crippen LogP contribution in [0.4, 0.5) is 0 Å². The zero-order valence-electron chi connectivity index (χ0n) is 29.0. The Morgan fingerprint density at radius 2 is 1.33 bits per heavy atom. The summed E-state index contributed by atoms with van der Waals surface area (Å²) in [6.07, 6.45) is 8.91. The number of hydrogen-bond acceptors (Lipinski definition) is 5. The van der Waals surface area contributed by atoms with Crippen molar-refractivity contribution in [3.05, 3.63) is 162 Å². The van der Waals surface area contributed by atoms with Crippen LogP contribution in [-0.2, 0) is 6.42 Å². The van der Waals surface area contributed by atoms with E-state index in [0.29, 0.717) is 17.5 Å². The zero-order chi connectivity index (χ0) is 35.3. The molecule has 3 aromatic heterocycles. The smallest absolute Gasteiger partial charge is 0.165 e. The second-order valence-corrected chi connectivity index (χ2v) is 15.3. The average Bonchev–Trinajstić information content (AvgIpc) is 3.81. The van der Waals surface area contributed by atoms with E-state index in [-0.39, 0.29) is 0 Å². The first-order valence-electron chi connectivity index (χ1n) is 18.4. The van der Waals surface area contributed by atoms with Gasteiger partial charge in [-0.25, -0.2) is 15.0 Å². The minimum atomic E-state index is 0.619. The van der Waals surface area contributed by atoms with Gasteiger partial charge in [0.2, 0.25) is 0 Å². The largest absolute Gasteiger partial charge is 0.456 e. The van der Waals surface area contributed by atoms with Crippen LogP contribution in [0.25, 0.3) is 110 Å². The van der Waals surface area contributed by atoms with Crippen LogP contribution in [0.3, 0.4) is 0 Å². The Morgan fingerprint density at radius 3 is 2.28 bits per heavy atom. The molecular weight excluding hydrogens is 679 g/mol. The molecule has 0 bridgehead atoms. The van der Waals surface area contributed by atoms with Crippen LogP contribution in [-0.4, -0.2) is 15.0 Å². The topological polar surface area (TPSA) is 51.8 Å². The Balaban J connectivity index is 1.08. The fourth-order valence-corrected chi connectivity index (χ4v) is 9.95. The van der Waals surface area contributed by atoms with Gasteiger partial charge >= 0.3 is 0 Å².